The molecule has 3 heterocycles. The molecule has 6 nitrogen and oxygen atoms in total. The van der Waals surface area contributed by atoms with E-state index in [-0.39, 0.29) is 5.91 Å². The number of amides is 1. The summed E-state index contributed by atoms with van der Waals surface area (Å²) in [5.74, 6) is 1.59. The first-order valence-corrected chi connectivity index (χ1v) is 11.5. The molecule has 1 aliphatic heterocycles. The second-order valence-electron chi connectivity index (χ2n) is 8.57. The maximum absolute atomic E-state index is 13.2. The van der Waals surface area contributed by atoms with Gasteiger partial charge in [-0.05, 0) is 66.8 Å². The highest BCUT2D eigenvalue weighted by Crippen LogP contribution is 2.31. The molecule has 1 aliphatic rings. The third-order valence-corrected chi connectivity index (χ3v) is 6.33. The average molecular weight is 454 g/mol. The number of fused-ring (bicyclic) bond motifs is 1. The van der Waals surface area contributed by atoms with Crippen LogP contribution in [0.2, 0.25) is 0 Å². The van der Waals surface area contributed by atoms with Crippen molar-refractivity contribution in [3.8, 4) is 11.5 Å². The van der Waals surface area contributed by atoms with Crippen molar-refractivity contribution < 1.29 is 14.3 Å². The average Bonchev–Trinajstić information content (AvgIpc) is 3.36. The van der Waals surface area contributed by atoms with Crippen molar-refractivity contribution in [3.63, 3.8) is 0 Å². The van der Waals surface area contributed by atoms with Crippen LogP contribution in [0.1, 0.15) is 28.0 Å². The lowest BCUT2D eigenvalue weighted by atomic mass is 9.96. The lowest BCUT2D eigenvalue weighted by Crippen LogP contribution is -2.29. The number of ether oxygens (including phenoxy) is 2. The Morgan fingerprint density at radius 1 is 1.00 bits per heavy atom. The lowest BCUT2D eigenvalue weighted by Gasteiger charge is -2.18. The summed E-state index contributed by atoms with van der Waals surface area (Å²) in [7, 11) is 1.59. The quantitative estimate of drug-likeness (QED) is 0.397. The van der Waals surface area contributed by atoms with E-state index in [1.165, 1.54) is 10.9 Å². The number of carbonyl (C=O) groups excluding carboxylic acids is 1. The van der Waals surface area contributed by atoms with Crippen LogP contribution in [0.15, 0.2) is 79.1 Å². The molecule has 0 aliphatic carbocycles. The van der Waals surface area contributed by atoms with Gasteiger partial charge in [0.25, 0.3) is 5.91 Å². The van der Waals surface area contributed by atoms with E-state index in [2.05, 4.69) is 28.2 Å². The maximum Gasteiger partial charge on any atom is 0.254 e. The van der Waals surface area contributed by atoms with Gasteiger partial charge in [-0.15, -0.1) is 0 Å². The molecule has 0 spiro atoms. The van der Waals surface area contributed by atoms with E-state index in [1.54, 1.807) is 25.4 Å². The third kappa shape index (κ3) is 4.71. The van der Waals surface area contributed by atoms with E-state index in [0.717, 1.165) is 37.1 Å². The van der Waals surface area contributed by atoms with Crippen molar-refractivity contribution >= 4 is 16.8 Å². The number of nitrogens with zero attached hydrogens (tertiary/aromatic N) is 3. The van der Waals surface area contributed by atoms with Crippen molar-refractivity contribution in [3.05, 3.63) is 95.9 Å². The smallest absolute Gasteiger partial charge is 0.254 e. The minimum atomic E-state index is 0.0247. The molecule has 2 aromatic heterocycles. The van der Waals surface area contributed by atoms with Crippen LogP contribution in [0, 0.1) is 5.92 Å². The van der Waals surface area contributed by atoms with Crippen LogP contribution in [0.3, 0.4) is 0 Å². The van der Waals surface area contributed by atoms with Crippen molar-refractivity contribution in [1.82, 2.24) is 14.9 Å². The predicted molar refractivity (Wildman–Crippen MR) is 131 cm³/mol. The van der Waals surface area contributed by atoms with Crippen LogP contribution in [0.5, 0.6) is 11.5 Å². The van der Waals surface area contributed by atoms with Gasteiger partial charge in [-0.25, -0.2) is 0 Å². The van der Waals surface area contributed by atoms with E-state index in [4.69, 9.17) is 9.47 Å². The number of aromatic nitrogens is 2. The zero-order valence-electron chi connectivity index (χ0n) is 19.2. The van der Waals surface area contributed by atoms with Crippen LogP contribution >= 0.6 is 0 Å². The molecule has 0 radical (unpaired) electrons. The largest absolute Gasteiger partial charge is 0.493 e. The molecule has 5 rings (SSSR count). The Balaban J connectivity index is 1.24. The molecule has 6 heteroatoms. The maximum atomic E-state index is 13.2. The number of pyridine rings is 2. The first kappa shape index (κ1) is 21.9. The van der Waals surface area contributed by atoms with E-state index < -0.39 is 0 Å². The van der Waals surface area contributed by atoms with E-state index in [1.807, 2.05) is 47.5 Å². The van der Waals surface area contributed by atoms with Crippen LogP contribution < -0.4 is 9.47 Å². The SMILES string of the molecule is COc1cc(C(=O)N2CC[C@H](Cc3cccc4ncccc34)C2)ccc1OCc1ccccn1. The Morgan fingerprint density at radius 2 is 1.91 bits per heavy atom. The van der Waals surface area contributed by atoms with Gasteiger partial charge in [0.2, 0.25) is 0 Å². The topological polar surface area (TPSA) is 64.5 Å². The fraction of sp³-hybridized carbons (Fsp3) is 0.250. The molecular weight excluding hydrogens is 426 g/mol. The summed E-state index contributed by atoms with van der Waals surface area (Å²) in [5, 5.41) is 1.20. The van der Waals surface area contributed by atoms with Gasteiger partial charge in [0.1, 0.15) is 6.61 Å². The number of hydrogen-bond donors (Lipinski definition) is 0. The first-order chi connectivity index (χ1) is 16.7. The molecule has 4 aromatic rings. The molecule has 0 N–H and O–H groups in total. The zero-order chi connectivity index (χ0) is 23.3. The Kier molecular flexibility index (Phi) is 6.38. The molecule has 2 aromatic carbocycles. The molecule has 0 unspecified atom stereocenters. The summed E-state index contributed by atoms with van der Waals surface area (Å²) in [6.45, 7) is 1.84. The lowest BCUT2D eigenvalue weighted by molar-refractivity contribution is 0.0786. The molecule has 34 heavy (non-hydrogen) atoms. The summed E-state index contributed by atoms with van der Waals surface area (Å²) < 4.78 is 11.4. The number of benzene rings is 2. The second-order valence-corrected chi connectivity index (χ2v) is 8.57. The Labute approximate surface area is 199 Å². The molecule has 1 fully saturated rings. The number of hydrogen-bond acceptors (Lipinski definition) is 5. The summed E-state index contributed by atoms with van der Waals surface area (Å²) >= 11 is 0. The van der Waals surface area contributed by atoms with E-state index in [0.29, 0.717) is 29.6 Å². The fourth-order valence-electron chi connectivity index (χ4n) is 4.58. The van der Waals surface area contributed by atoms with E-state index in [9.17, 15) is 4.79 Å². The highest BCUT2D eigenvalue weighted by atomic mass is 16.5. The summed E-state index contributed by atoms with van der Waals surface area (Å²) in [5.41, 5.74) is 3.75. The molecule has 0 saturated carbocycles. The van der Waals surface area contributed by atoms with Gasteiger partial charge in [-0.2, -0.15) is 0 Å². The normalized spacial score (nSPS) is 15.4. The highest BCUT2D eigenvalue weighted by Gasteiger charge is 2.28. The summed E-state index contributed by atoms with van der Waals surface area (Å²) in [6.07, 6.45) is 5.49. The minimum Gasteiger partial charge on any atom is -0.493 e. The standard InChI is InChI=1S/C28H27N3O3/c1-33-27-17-22(10-11-26(27)34-19-23-7-2-3-13-29-23)28(32)31-15-12-20(18-31)16-21-6-4-9-25-24(21)8-5-14-30-25/h2-11,13-14,17,20H,12,15-16,18-19H2,1H3/t20-/m1/s1. The molecule has 1 atom stereocenters. The third-order valence-electron chi connectivity index (χ3n) is 6.33. The predicted octanol–water partition coefficient (Wildman–Crippen LogP) is 4.92. The summed E-state index contributed by atoms with van der Waals surface area (Å²) in [4.78, 5) is 23.9. The van der Waals surface area contributed by atoms with Gasteiger partial charge in [0.05, 0.1) is 18.3 Å². The van der Waals surface area contributed by atoms with Gasteiger partial charge in [0, 0.05) is 36.4 Å². The van der Waals surface area contributed by atoms with Crippen LogP contribution in [-0.4, -0.2) is 41.0 Å². The van der Waals surface area contributed by atoms with Gasteiger partial charge >= 0.3 is 0 Å². The van der Waals surface area contributed by atoms with Gasteiger partial charge in [0.15, 0.2) is 11.5 Å². The second kappa shape index (κ2) is 9.91. The number of rotatable bonds is 7. The molecule has 1 saturated heterocycles. The van der Waals surface area contributed by atoms with Gasteiger partial charge < -0.3 is 14.4 Å². The molecule has 172 valence electrons. The van der Waals surface area contributed by atoms with Crippen molar-refractivity contribution in [1.29, 1.82) is 0 Å². The Morgan fingerprint density at radius 3 is 2.76 bits per heavy atom. The summed E-state index contributed by atoms with van der Waals surface area (Å²) in [6, 6.07) is 21.4. The Hall–Kier alpha value is -3.93. The van der Waals surface area contributed by atoms with Crippen LogP contribution in [0.25, 0.3) is 10.9 Å². The van der Waals surface area contributed by atoms with Crippen molar-refractivity contribution in [2.24, 2.45) is 5.92 Å². The van der Waals surface area contributed by atoms with Crippen LogP contribution in [0.4, 0.5) is 0 Å². The monoisotopic (exact) mass is 453 g/mol. The Bertz CT molecular complexity index is 1290. The minimum absolute atomic E-state index is 0.0247. The number of carbonyl (C=O) groups is 1. The highest BCUT2D eigenvalue weighted by molar-refractivity contribution is 5.95. The molecular formula is C28H27N3O3. The van der Waals surface area contributed by atoms with Gasteiger partial charge in [-0.1, -0.05) is 24.3 Å². The number of likely N-dealkylation sites (tertiary alicyclic amines) is 1. The van der Waals surface area contributed by atoms with Crippen LogP contribution in [-0.2, 0) is 13.0 Å². The van der Waals surface area contributed by atoms with Crippen molar-refractivity contribution in [2.45, 2.75) is 19.4 Å². The fourth-order valence-corrected chi connectivity index (χ4v) is 4.58. The van der Waals surface area contributed by atoms with Gasteiger partial charge in [-0.3, -0.25) is 14.8 Å². The zero-order valence-corrected chi connectivity index (χ0v) is 19.2. The molecule has 1 amide bonds. The molecule has 0 bridgehead atoms. The van der Waals surface area contributed by atoms with Crippen molar-refractivity contribution in [2.75, 3.05) is 20.2 Å². The first-order valence-electron chi connectivity index (χ1n) is 11.5. The number of methoxy groups -OCH3 is 1. The van der Waals surface area contributed by atoms with E-state index >= 15 is 0 Å².